The van der Waals surface area contributed by atoms with Gasteiger partial charge in [0.2, 0.25) is 0 Å². The number of hydrogen-bond donors (Lipinski definition) is 1. The molecule has 0 amide bonds. The van der Waals surface area contributed by atoms with Crippen LogP contribution in [0.4, 0.5) is 0 Å². The van der Waals surface area contributed by atoms with Crippen molar-refractivity contribution < 1.29 is 9.53 Å². The molecule has 140 valence electrons. The third-order valence-electron chi connectivity index (χ3n) is 4.16. The van der Waals surface area contributed by atoms with Crippen LogP contribution in [-0.2, 0) is 4.43 Å². The van der Waals surface area contributed by atoms with Crippen molar-refractivity contribution in [3.63, 3.8) is 0 Å². The van der Waals surface area contributed by atoms with Crippen molar-refractivity contribution in [2.75, 3.05) is 0 Å². The van der Waals surface area contributed by atoms with E-state index in [1.165, 1.54) is 0 Å². The number of aliphatic hydroxyl groups excluding tert-OH is 1. The van der Waals surface area contributed by atoms with E-state index in [9.17, 15) is 5.11 Å². The molecule has 0 rings (SSSR count). The SMILES string of the molecule is CCCC(CC#CC(O)C#CC#C[Si](C)(C)C)O[Si](C)(C)C(C)(C)C. The van der Waals surface area contributed by atoms with Crippen molar-refractivity contribution in [3.8, 4) is 35.1 Å². The van der Waals surface area contributed by atoms with E-state index in [4.69, 9.17) is 4.43 Å². The predicted molar refractivity (Wildman–Crippen MR) is 114 cm³/mol. The summed E-state index contributed by atoms with van der Waals surface area (Å²) in [7, 11) is -3.21. The summed E-state index contributed by atoms with van der Waals surface area (Å²) in [6.45, 7) is 19.9. The number of aliphatic hydroxyl groups is 1. The van der Waals surface area contributed by atoms with Gasteiger partial charge in [-0.1, -0.05) is 65.6 Å². The lowest BCUT2D eigenvalue weighted by atomic mass is 10.1. The molecule has 0 fully saturated rings. The van der Waals surface area contributed by atoms with Crippen LogP contribution < -0.4 is 0 Å². The highest BCUT2D eigenvalue weighted by Crippen LogP contribution is 2.38. The van der Waals surface area contributed by atoms with Gasteiger partial charge in [0, 0.05) is 6.42 Å². The average molecular weight is 377 g/mol. The van der Waals surface area contributed by atoms with Crippen LogP contribution in [0, 0.1) is 35.1 Å². The highest BCUT2D eigenvalue weighted by atomic mass is 28.4. The minimum atomic E-state index is -1.80. The summed E-state index contributed by atoms with van der Waals surface area (Å²) in [6.07, 6.45) is 1.89. The second kappa shape index (κ2) is 10.2. The van der Waals surface area contributed by atoms with Crippen LogP contribution >= 0.6 is 0 Å². The number of hydrogen-bond acceptors (Lipinski definition) is 2. The second-order valence-electron chi connectivity index (χ2n) is 8.99. The van der Waals surface area contributed by atoms with Crippen LogP contribution in [0.1, 0.15) is 47.0 Å². The Labute approximate surface area is 158 Å². The van der Waals surface area contributed by atoms with Crippen LogP contribution in [0.3, 0.4) is 0 Å². The van der Waals surface area contributed by atoms with Gasteiger partial charge < -0.3 is 9.53 Å². The smallest absolute Gasteiger partial charge is 0.192 e. The zero-order chi connectivity index (χ0) is 19.7. The molecule has 2 unspecified atom stereocenters. The third-order valence-corrected chi connectivity index (χ3v) is 9.57. The highest BCUT2D eigenvalue weighted by molar-refractivity contribution is 6.83. The maximum Gasteiger partial charge on any atom is 0.192 e. The summed E-state index contributed by atoms with van der Waals surface area (Å²) >= 11 is 0. The van der Waals surface area contributed by atoms with Crippen molar-refractivity contribution in [3.05, 3.63) is 0 Å². The quantitative estimate of drug-likeness (QED) is 0.551. The average Bonchev–Trinajstić information content (AvgIpc) is 2.41. The van der Waals surface area contributed by atoms with E-state index >= 15 is 0 Å². The lowest BCUT2D eigenvalue weighted by Gasteiger charge is -2.39. The maximum atomic E-state index is 9.85. The van der Waals surface area contributed by atoms with Gasteiger partial charge >= 0.3 is 0 Å². The maximum absolute atomic E-state index is 9.85. The summed E-state index contributed by atoms with van der Waals surface area (Å²) in [6, 6.07) is 0. The van der Waals surface area contributed by atoms with Crippen LogP contribution in [-0.4, -0.2) is 33.7 Å². The Balaban J connectivity index is 4.81. The largest absolute Gasteiger partial charge is 0.413 e. The van der Waals surface area contributed by atoms with Gasteiger partial charge in [0.15, 0.2) is 14.4 Å². The predicted octanol–water partition coefficient (Wildman–Crippen LogP) is 4.82. The van der Waals surface area contributed by atoms with Gasteiger partial charge in [-0.05, 0) is 42.3 Å². The van der Waals surface area contributed by atoms with E-state index in [1.807, 2.05) is 0 Å². The molecule has 1 N–H and O–H groups in total. The molecule has 2 atom stereocenters. The molecule has 0 aliphatic rings. The third kappa shape index (κ3) is 11.3. The number of rotatable bonds is 5. The molecule has 0 aromatic carbocycles. The van der Waals surface area contributed by atoms with Crippen LogP contribution in [0.2, 0.25) is 37.8 Å². The highest BCUT2D eigenvalue weighted by Gasteiger charge is 2.38. The van der Waals surface area contributed by atoms with Crippen molar-refractivity contribution in [2.24, 2.45) is 0 Å². The van der Waals surface area contributed by atoms with Crippen molar-refractivity contribution in [1.82, 2.24) is 0 Å². The molecule has 4 heteroatoms. The molecule has 0 spiro atoms. The first-order valence-corrected chi connectivity index (χ1v) is 15.6. The van der Waals surface area contributed by atoms with Gasteiger partial charge in [0.05, 0.1) is 6.10 Å². The van der Waals surface area contributed by atoms with Gasteiger partial charge in [-0.15, -0.1) is 5.54 Å². The minimum Gasteiger partial charge on any atom is -0.413 e. The zero-order valence-electron chi connectivity index (χ0n) is 17.6. The molecule has 0 aliphatic heterocycles. The Morgan fingerprint density at radius 3 is 2.08 bits per heavy atom. The molecular weight excluding hydrogens is 340 g/mol. The van der Waals surface area contributed by atoms with Crippen molar-refractivity contribution in [1.29, 1.82) is 0 Å². The van der Waals surface area contributed by atoms with Gasteiger partial charge in [0.25, 0.3) is 0 Å². The Hall–Kier alpha value is -0.966. The molecule has 0 aromatic heterocycles. The molecule has 0 aliphatic carbocycles. The fourth-order valence-corrected chi connectivity index (χ4v) is 3.57. The van der Waals surface area contributed by atoms with E-state index in [0.29, 0.717) is 6.42 Å². The van der Waals surface area contributed by atoms with Crippen LogP contribution in [0.15, 0.2) is 0 Å². The van der Waals surface area contributed by atoms with Gasteiger partial charge in [-0.25, -0.2) is 0 Å². The van der Waals surface area contributed by atoms with Crippen LogP contribution in [0.25, 0.3) is 0 Å². The molecule has 0 bridgehead atoms. The summed E-state index contributed by atoms with van der Waals surface area (Å²) in [5.74, 6) is 14.1. The molecule has 0 radical (unpaired) electrons. The van der Waals surface area contributed by atoms with Gasteiger partial charge in [-0.2, -0.15) is 0 Å². The second-order valence-corrected chi connectivity index (χ2v) is 18.5. The van der Waals surface area contributed by atoms with E-state index in [-0.39, 0.29) is 11.1 Å². The standard InChI is InChI=1S/C21H36O2Si2/c1-10-14-20(23-25(8,9)21(2,3)4)17-13-16-19(22)15-11-12-18-24(5,6)7/h19-20,22H,10,14,17H2,1-9H3. The van der Waals surface area contributed by atoms with E-state index in [1.54, 1.807) is 0 Å². The van der Waals surface area contributed by atoms with E-state index < -0.39 is 22.5 Å². The van der Waals surface area contributed by atoms with E-state index in [0.717, 1.165) is 12.8 Å². The first kappa shape index (κ1) is 24.0. The van der Waals surface area contributed by atoms with Crippen LogP contribution in [0.5, 0.6) is 0 Å². The fourth-order valence-electron chi connectivity index (χ4n) is 1.75. The van der Waals surface area contributed by atoms with E-state index in [2.05, 4.69) is 95.6 Å². The molecule has 2 nitrogen and oxygen atoms in total. The summed E-state index contributed by atoms with van der Waals surface area (Å²) in [4.78, 5) is 0. The Morgan fingerprint density at radius 1 is 1.00 bits per heavy atom. The first-order chi connectivity index (χ1) is 11.3. The first-order valence-electron chi connectivity index (χ1n) is 9.15. The lowest BCUT2D eigenvalue weighted by molar-refractivity contribution is 0.174. The summed E-state index contributed by atoms with van der Waals surface area (Å²) in [5, 5.41) is 10.0. The summed E-state index contributed by atoms with van der Waals surface area (Å²) < 4.78 is 6.46. The Kier molecular flexibility index (Phi) is 9.85. The molecule has 0 saturated heterocycles. The fraction of sp³-hybridized carbons (Fsp3) is 0.714. The molecular formula is C21H36O2Si2. The molecule has 0 saturated carbocycles. The minimum absolute atomic E-state index is 0.130. The Morgan fingerprint density at radius 2 is 1.60 bits per heavy atom. The monoisotopic (exact) mass is 376 g/mol. The zero-order valence-corrected chi connectivity index (χ0v) is 19.6. The Bertz CT molecular complexity index is 590. The van der Waals surface area contributed by atoms with Crippen molar-refractivity contribution in [2.45, 2.75) is 96.9 Å². The normalized spacial score (nSPS) is 14.2. The molecule has 25 heavy (non-hydrogen) atoms. The van der Waals surface area contributed by atoms with Gasteiger partial charge in [0.1, 0.15) is 8.07 Å². The molecule has 0 aromatic rings. The van der Waals surface area contributed by atoms with Crippen molar-refractivity contribution >= 4 is 16.4 Å². The lowest BCUT2D eigenvalue weighted by Crippen LogP contribution is -2.43. The molecule has 0 heterocycles. The van der Waals surface area contributed by atoms with Gasteiger partial charge in [-0.3, -0.25) is 0 Å². The topological polar surface area (TPSA) is 29.5 Å². The summed E-state index contributed by atoms with van der Waals surface area (Å²) in [5.41, 5.74) is 3.15.